The lowest BCUT2D eigenvalue weighted by atomic mass is 10.1. The van der Waals surface area contributed by atoms with Gasteiger partial charge in [-0.3, -0.25) is 10.1 Å². The van der Waals surface area contributed by atoms with Crippen LogP contribution in [0.15, 0.2) is 52.9 Å². The number of halogens is 1. The average molecular weight is 387 g/mol. The van der Waals surface area contributed by atoms with Crippen LogP contribution in [0.1, 0.15) is 21.5 Å². The summed E-state index contributed by atoms with van der Waals surface area (Å²) in [5.41, 5.74) is 1.97. The number of nitrogens with zero attached hydrogens (tertiary/aromatic N) is 3. The molecule has 8 heteroatoms. The van der Waals surface area contributed by atoms with Crippen LogP contribution in [0.25, 0.3) is 0 Å². The minimum atomic E-state index is -0.326. The first-order valence-corrected chi connectivity index (χ1v) is 9.35. The summed E-state index contributed by atoms with van der Waals surface area (Å²) in [5, 5.41) is 20.6. The number of thioether (sulfide) groups is 1. The number of rotatable bonds is 5. The molecule has 3 rings (SSSR count). The molecule has 0 atom stereocenters. The fourth-order valence-electron chi connectivity index (χ4n) is 2.02. The number of carbonyl (C=O) groups is 1. The van der Waals surface area contributed by atoms with Crippen LogP contribution in [0.2, 0.25) is 5.02 Å². The molecule has 0 saturated heterocycles. The Labute approximate surface area is 157 Å². The molecule has 124 valence electrons. The van der Waals surface area contributed by atoms with E-state index >= 15 is 0 Å². The Kier molecular flexibility index (Phi) is 5.66. The number of hydrogen-bond donors (Lipinski definition) is 1. The normalized spacial score (nSPS) is 10.2. The van der Waals surface area contributed by atoms with Crippen LogP contribution >= 0.6 is 34.7 Å². The van der Waals surface area contributed by atoms with E-state index in [4.69, 9.17) is 16.9 Å². The zero-order valence-electron chi connectivity index (χ0n) is 12.8. The number of amides is 1. The third-order valence-electron chi connectivity index (χ3n) is 3.23. The first kappa shape index (κ1) is 17.4. The van der Waals surface area contributed by atoms with Gasteiger partial charge in [0, 0.05) is 5.75 Å². The maximum atomic E-state index is 12.2. The van der Waals surface area contributed by atoms with Gasteiger partial charge in [0.1, 0.15) is 0 Å². The molecule has 0 saturated carbocycles. The smallest absolute Gasteiger partial charge is 0.259 e. The maximum Gasteiger partial charge on any atom is 0.259 e. The molecular formula is C17H11ClN4OS2. The van der Waals surface area contributed by atoms with Crippen molar-refractivity contribution in [2.24, 2.45) is 0 Å². The Hall–Kier alpha value is -2.40. The summed E-state index contributed by atoms with van der Waals surface area (Å²) in [4.78, 5) is 12.2. The van der Waals surface area contributed by atoms with Crippen molar-refractivity contribution in [3.63, 3.8) is 0 Å². The van der Waals surface area contributed by atoms with Crippen LogP contribution < -0.4 is 5.32 Å². The maximum absolute atomic E-state index is 12.2. The summed E-state index contributed by atoms with van der Waals surface area (Å²) in [6, 6.07) is 16.4. The quantitative estimate of drug-likeness (QED) is 0.511. The van der Waals surface area contributed by atoms with Crippen LogP contribution in [-0.2, 0) is 5.75 Å². The second-order valence-corrected chi connectivity index (χ2v) is 7.47. The number of anilines is 1. The van der Waals surface area contributed by atoms with Gasteiger partial charge in [-0.25, -0.2) is 0 Å². The van der Waals surface area contributed by atoms with Crippen LogP contribution in [-0.4, -0.2) is 16.1 Å². The van der Waals surface area contributed by atoms with Gasteiger partial charge in [-0.15, -0.1) is 10.2 Å². The highest BCUT2D eigenvalue weighted by atomic mass is 35.5. The summed E-state index contributed by atoms with van der Waals surface area (Å²) in [7, 11) is 0. The van der Waals surface area contributed by atoms with Crippen molar-refractivity contribution in [2.75, 3.05) is 5.32 Å². The lowest BCUT2D eigenvalue weighted by Gasteiger charge is -2.02. The van der Waals surface area contributed by atoms with Crippen LogP contribution in [0.4, 0.5) is 5.13 Å². The third kappa shape index (κ3) is 4.37. The van der Waals surface area contributed by atoms with Gasteiger partial charge in [0.25, 0.3) is 5.91 Å². The van der Waals surface area contributed by atoms with Crippen molar-refractivity contribution in [3.8, 4) is 6.07 Å². The van der Waals surface area contributed by atoms with Crippen molar-refractivity contribution in [2.45, 2.75) is 10.1 Å². The van der Waals surface area contributed by atoms with Crippen molar-refractivity contribution < 1.29 is 4.79 Å². The van der Waals surface area contributed by atoms with Gasteiger partial charge in [-0.1, -0.05) is 65.0 Å². The first-order chi connectivity index (χ1) is 12.2. The topological polar surface area (TPSA) is 78.7 Å². The largest absolute Gasteiger partial charge is 0.296 e. The molecule has 5 nitrogen and oxygen atoms in total. The zero-order chi connectivity index (χ0) is 17.6. The van der Waals surface area contributed by atoms with Crippen molar-refractivity contribution in [3.05, 3.63) is 70.2 Å². The number of nitrogens with one attached hydrogen (secondary N) is 1. The molecule has 0 unspecified atom stereocenters. The fourth-order valence-corrected chi connectivity index (χ4v) is 4.00. The average Bonchev–Trinajstić information content (AvgIpc) is 3.07. The van der Waals surface area contributed by atoms with E-state index in [1.54, 1.807) is 30.3 Å². The molecule has 0 aliphatic heterocycles. The zero-order valence-corrected chi connectivity index (χ0v) is 15.2. The second-order valence-electron chi connectivity index (χ2n) is 4.86. The summed E-state index contributed by atoms with van der Waals surface area (Å²) in [6.45, 7) is 0. The van der Waals surface area contributed by atoms with Crippen molar-refractivity contribution in [1.82, 2.24) is 10.2 Å². The minimum absolute atomic E-state index is 0.326. The van der Waals surface area contributed by atoms with Gasteiger partial charge >= 0.3 is 0 Å². The van der Waals surface area contributed by atoms with E-state index in [-0.39, 0.29) is 5.91 Å². The summed E-state index contributed by atoms with van der Waals surface area (Å²) in [6.07, 6.45) is 0. The number of nitriles is 1. The van der Waals surface area contributed by atoms with Crippen LogP contribution in [0.3, 0.4) is 0 Å². The molecule has 0 spiro atoms. The summed E-state index contributed by atoms with van der Waals surface area (Å²) < 4.78 is 0.710. The Morgan fingerprint density at radius 3 is 2.76 bits per heavy atom. The van der Waals surface area contributed by atoms with Gasteiger partial charge in [0.2, 0.25) is 5.13 Å². The standard InChI is InChI=1S/C17H11ClN4OS2/c18-14-8-4-3-7-13(14)15(23)20-16-21-22-17(25-16)24-10-12-6-2-1-5-11(12)9-19/h1-8H,10H2,(H,20,21,23). The molecule has 1 N–H and O–H groups in total. The third-order valence-corrected chi connectivity index (χ3v) is 5.58. The molecule has 0 fully saturated rings. The first-order valence-electron chi connectivity index (χ1n) is 7.17. The van der Waals surface area contributed by atoms with Gasteiger partial charge in [0.15, 0.2) is 4.34 Å². The summed E-state index contributed by atoms with van der Waals surface area (Å²) in [5.74, 6) is 0.282. The predicted molar refractivity (Wildman–Crippen MR) is 100 cm³/mol. The highest BCUT2D eigenvalue weighted by Gasteiger charge is 2.13. The Morgan fingerprint density at radius 2 is 1.96 bits per heavy atom. The Morgan fingerprint density at radius 1 is 1.20 bits per heavy atom. The Bertz CT molecular complexity index is 952. The molecule has 0 aliphatic carbocycles. The SMILES string of the molecule is N#Cc1ccccc1CSc1nnc(NC(=O)c2ccccc2Cl)s1. The number of benzene rings is 2. The molecule has 25 heavy (non-hydrogen) atoms. The molecular weight excluding hydrogens is 376 g/mol. The minimum Gasteiger partial charge on any atom is -0.296 e. The van der Waals surface area contributed by atoms with Gasteiger partial charge in [-0.2, -0.15) is 5.26 Å². The predicted octanol–water partition coefficient (Wildman–Crippen LogP) is 4.61. The number of carbonyl (C=O) groups excluding carboxylic acids is 1. The Balaban J connectivity index is 1.64. The monoisotopic (exact) mass is 386 g/mol. The van der Waals surface area contributed by atoms with E-state index < -0.39 is 0 Å². The molecule has 3 aromatic rings. The molecule has 1 aromatic heterocycles. The second kappa shape index (κ2) is 8.12. The molecule has 0 aliphatic rings. The highest BCUT2D eigenvalue weighted by Crippen LogP contribution is 2.29. The molecule has 0 bridgehead atoms. The van der Waals surface area contributed by atoms with E-state index in [0.29, 0.717) is 31.4 Å². The van der Waals surface area contributed by atoms with E-state index in [2.05, 4.69) is 21.6 Å². The van der Waals surface area contributed by atoms with E-state index in [1.807, 2.05) is 18.2 Å². The summed E-state index contributed by atoms with van der Waals surface area (Å²) >= 11 is 8.76. The lowest BCUT2D eigenvalue weighted by Crippen LogP contribution is -2.12. The fraction of sp³-hybridized carbons (Fsp3) is 0.0588. The molecule has 1 heterocycles. The van der Waals surface area contributed by atoms with Gasteiger partial charge in [-0.05, 0) is 23.8 Å². The number of hydrogen-bond acceptors (Lipinski definition) is 6. The van der Waals surface area contributed by atoms with E-state index in [1.165, 1.54) is 23.1 Å². The van der Waals surface area contributed by atoms with Gasteiger partial charge in [0.05, 0.1) is 22.2 Å². The molecule has 1 amide bonds. The molecule has 0 radical (unpaired) electrons. The van der Waals surface area contributed by atoms with E-state index in [9.17, 15) is 4.79 Å². The number of aromatic nitrogens is 2. The highest BCUT2D eigenvalue weighted by molar-refractivity contribution is 8.00. The van der Waals surface area contributed by atoms with Crippen LogP contribution in [0, 0.1) is 11.3 Å². The van der Waals surface area contributed by atoms with Crippen molar-refractivity contribution in [1.29, 1.82) is 5.26 Å². The van der Waals surface area contributed by atoms with Crippen molar-refractivity contribution >= 4 is 45.7 Å². The molecule has 2 aromatic carbocycles. The lowest BCUT2D eigenvalue weighted by molar-refractivity contribution is 0.102. The van der Waals surface area contributed by atoms with Crippen LogP contribution in [0.5, 0.6) is 0 Å². The van der Waals surface area contributed by atoms with E-state index in [0.717, 1.165) is 5.56 Å². The van der Waals surface area contributed by atoms with Gasteiger partial charge < -0.3 is 0 Å².